The molecule has 0 spiro atoms. The van der Waals surface area contributed by atoms with Crippen LogP contribution in [0.5, 0.6) is 5.75 Å². The molecule has 2 heterocycles. The van der Waals surface area contributed by atoms with Gasteiger partial charge in [0.2, 0.25) is 0 Å². The smallest absolute Gasteiger partial charge is 0.276 e. The van der Waals surface area contributed by atoms with Gasteiger partial charge >= 0.3 is 0 Å². The van der Waals surface area contributed by atoms with Crippen LogP contribution in [0.15, 0.2) is 71.3 Å². The summed E-state index contributed by atoms with van der Waals surface area (Å²) in [6.07, 6.45) is 1.35. The number of amides is 1. The van der Waals surface area contributed by atoms with Gasteiger partial charge in [-0.3, -0.25) is 15.1 Å². The fourth-order valence-electron chi connectivity index (χ4n) is 3.02. The molecule has 0 aromatic heterocycles. The maximum Gasteiger partial charge on any atom is 0.276 e. The molecule has 0 saturated heterocycles. The Morgan fingerprint density at radius 3 is 2.78 bits per heavy atom. The van der Waals surface area contributed by atoms with Crippen LogP contribution in [0.2, 0.25) is 0 Å². The lowest BCUT2D eigenvalue weighted by Gasteiger charge is -2.34. The van der Waals surface area contributed by atoms with Gasteiger partial charge in [0.05, 0.1) is 12.5 Å². The molecule has 0 bridgehead atoms. The van der Waals surface area contributed by atoms with Gasteiger partial charge in [-0.1, -0.05) is 48.2 Å². The van der Waals surface area contributed by atoms with E-state index in [1.165, 1.54) is 11.8 Å². The zero-order chi connectivity index (χ0) is 18.8. The van der Waals surface area contributed by atoms with Crippen LogP contribution in [0.3, 0.4) is 0 Å². The minimum atomic E-state index is -0.425. The Kier molecular flexibility index (Phi) is 4.68. The van der Waals surface area contributed by atoms with E-state index in [1.54, 1.807) is 18.2 Å². The summed E-state index contributed by atoms with van der Waals surface area (Å²) in [5, 5.41) is 11.3. The van der Waals surface area contributed by atoms with Gasteiger partial charge < -0.3 is 4.74 Å². The maximum atomic E-state index is 12.9. The second kappa shape index (κ2) is 7.28. The van der Waals surface area contributed by atoms with Crippen molar-refractivity contribution in [3.05, 3.63) is 77.3 Å². The molecular formula is C20H18N4O2S. The van der Waals surface area contributed by atoms with E-state index in [4.69, 9.17) is 9.73 Å². The van der Waals surface area contributed by atoms with Crippen LogP contribution in [0.1, 0.15) is 11.7 Å². The van der Waals surface area contributed by atoms with Gasteiger partial charge in [-0.05, 0) is 23.8 Å². The Bertz CT molecular complexity index is 1050. The highest BCUT2D eigenvalue weighted by molar-refractivity contribution is 8.14. The number of hydrogen-bond donors (Lipinski definition) is 1. The molecule has 4 rings (SSSR count). The largest absolute Gasteiger partial charge is 0.497 e. The van der Waals surface area contributed by atoms with Crippen LogP contribution >= 0.6 is 11.8 Å². The van der Waals surface area contributed by atoms with Crippen molar-refractivity contribution < 1.29 is 9.53 Å². The molecule has 1 amide bonds. The number of nitrogens with zero attached hydrogens (tertiary/aromatic N) is 3. The summed E-state index contributed by atoms with van der Waals surface area (Å²) in [5.41, 5.74) is 1.43. The lowest BCUT2D eigenvalue weighted by Crippen LogP contribution is -2.50. The molecule has 0 saturated carbocycles. The van der Waals surface area contributed by atoms with Gasteiger partial charge in [0, 0.05) is 11.0 Å². The minimum Gasteiger partial charge on any atom is -0.497 e. The van der Waals surface area contributed by atoms with Crippen LogP contribution in [-0.4, -0.2) is 28.9 Å². The number of para-hydroxylation sites is 1. The lowest BCUT2D eigenvalue weighted by molar-refractivity contribution is -0.116. The minimum absolute atomic E-state index is 0.183. The first-order valence-corrected chi connectivity index (χ1v) is 9.44. The second-order valence-electron chi connectivity index (χ2n) is 5.95. The highest BCUT2D eigenvalue weighted by atomic mass is 32.2. The highest BCUT2D eigenvalue weighted by Crippen LogP contribution is 2.31. The number of ether oxygens (including phenoxy) is 1. The van der Waals surface area contributed by atoms with E-state index in [-0.39, 0.29) is 5.91 Å². The van der Waals surface area contributed by atoms with Crippen molar-refractivity contribution in [2.24, 2.45) is 10.1 Å². The number of methoxy groups -OCH3 is 1. The van der Waals surface area contributed by atoms with Crippen LogP contribution in [0.25, 0.3) is 5.70 Å². The predicted molar refractivity (Wildman–Crippen MR) is 106 cm³/mol. The Morgan fingerprint density at radius 1 is 1.26 bits per heavy atom. The number of fused-ring (bicyclic) bond motifs is 2. The maximum absolute atomic E-state index is 12.9. The second-order valence-corrected chi connectivity index (χ2v) is 6.95. The van der Waals surface area contributed by atoms with Gasteiger partial charge in [-0.2, -0.15) is 0 Å². The first kappa shape index (κ1) is 17.4. The molecule has 6 nitrogen and oxygen atoms in total. The number of hydrogen-bond acceptors (Lipinski definition) is 6. The highest BCUT2D eigenvalue weighted by Gasteiger charge is 2.34. The van der Waals surface area contributed by atoms with Crippen LogP contribution in [-0.2, 0) is 4.79 Å². The zero-order valence-electron chi connectivity index (χ0n) is 14.8. The van der Waals surface area contributed by atoms with Gasteiger partial charge in [0.15, 0.2) is 11.3 Å². The summed E-state index contributed by atoms with van der Waals surface area (Å²) < 4.78 is 5.24. The predicted octanol–water partition coefficient (Wildman–Crippen LogP) is 1.76. The van der Waals surface area contributed by atoms with Crippen molar-refractivity contribution in [2.45, 2.75) is 6.17 Å². The first-order valence-electron chi connectivity index (χ1n) is 8.45. The van der Waals surface area contributed by atoms with Crippen LogP contribution in [0, 0.1) is 0 Å². The molecule has 0 radical (unpaired) electrons. The van der Waals surface area contributed by atoms with Crippen molar-refractivity contribution in [3.63, 3.8) is 0 Å². The Labute approximate surface area is 160 Å². The number of benzene rings is 2. The molecule has 2 aliphatic rings. The van der Waals surface area contributed by atoms with Crippen LogP contribution < -0.4 is 20.6 Å². The molecule has 2 aliphatic heterocycles. The molecule has 7 heteroatoms. The molecule has 0 fully saturated rings. The summed E-state index contributed by atoms with van der Waals surface area (Å²) in [7, 11) is 1.63. The third kappa shape index (κ3) is 3.21. The van der Waals surface area contributed by atoms with Crippen molar-refractivity contribution in [2.75, 3.05) is 12.9 Å². The SMILES string of the molecule is C=CCSC1=NN2C(=c3ccccc3=N[C@H]2c2ccc(OC)cc2)C(=O)N1. The van der Waals surface area contributed by atoms with E-state index in [0.29, 0.717) is 16.6 Å². The summed E-state index contributed by atoms with van der Waals surface area (Å²) in [6.45, 7) is 3.72. The molecule has 0 aliphatic carbocycles. The topological polar surface area (TPSA) is 66.3 Å². The molecular weight excluding hydrogens is 360 g/mol. The number of thioether (sulfide) groups is 1. The monoisotopic (exact) mass is 378 g/mol. The van der Waals surface area contributed by atoms with E-state index < -0.39 is 6.17 Å². The summed E-state index contributed by atoms with van der Waals surface area (Å²) in [4.78, 5) is 17.7. The van der Waals surface area contributed by atoms with Gasteiger partial charge in [0.25, 0.3) is 5.91 Å². The van der Waals surface area contributed by atoms with Crippen molar-refractivity contribution in [1.82, 2.24) is 10.3 Å². The summed E-state index contributed by atoms with van der Waals surface area (Å²) >= 11 is 1.42. The summed E-state index contributed by atoms with van der Waals surface area (Å²) in [6, 6.07) is 15.3. The van der Waals surface area contributed by atoms with E-state index in [1.807, 2.05) is 48.5 Å². The van der Waals surface area contributed by atoms with Gasteiger partial charge in [-0.15, -0.1) is 11.7 Å². The number of amidine groups is 1. The van der Waals surface area contributed by atoms with E-state index in [9.17, 15) is 4.79 Å². The quantitative estimate of drug-likeness (QED) is 0.824. The number of carbonyl (C=O) groups is 1. The van der Waals surface area contributed by atoms with Crippen molar-refractivity contribution >= 4 is 28.5 Å². The molecule has 0 unspecified atom stereocenters. The Balaban J connectivity index is 1.87. The third-order valence-electron chi connectivity index (χ3n) is 4.27. The normalized spacial score (nSPS) is 17.9. The number of rotatable bonds is 4. The van der Waals surface area contributed by atoms with Gasteiger partial charge in [0.1, 0.15) is 11.4 Å². The number of hydrazone groups is 1. The average Bonchev–Trinajstić information content (AvgIpc) is 2.71. The zero-order valence-corrected chi connectivity index (χ0v) is 15.6. The van der Waals surface area contributed by atoms with Gasteiger partial charge in [-0.25, -0.2) is 5.01 Å². The standard InChI is InChI=1S/C20H18N4O2S/c1-3-12-27-20-22-19(25)17-15-6-4-5-7-16(15)21-18(24(17)23-20)13-8-10-14(26-2)11-9-13/h3-11,18H,1,12H2,2H3,(H,22,23,25)/t18-/m1/s1. The number of carbonyl (C=O) groups excluding carboxylic acids is 1. The molecule has 27 heavy (non-hydrogen) atoms. The van der Waals surface area contributed by atoms with E-state index >= 15 is 0 Å². The fraction of sp³-hybridized carbons (Fsp3) is 0.150. The Hall–Kier alpha value is -3.06. The molecule has 136 valence electrons. The Morgan fingerprint density at radius 2 is 2.04 bits per heavy atom. The van der Waals surface area contributed by atoms with E-state index in [2.05, 4.69) is 17.0 Å². The summed E-state index contributed by atoms with van der Waals surface area (Å²) in [5.74, 6) is 1.24. The number of nitrogens with one attached hydrogen (secondary N) is 1. The molecule has 2 aromatic rings. The van der Waals surface area contributed by atoms with E-state index in [0.717, 1.165) is 21.9 Å². The first-order chi connectivity index (χ1) is 13.2. The van der Waals surface area contributed by atoms with Crippen molar-refractivity contribution in [1.29, 1.82) is 0 Å². The van der Waals surface area contributed by atoms with Crippen molar-refractivity contribution in [3.8, 4) is 5.75 Å². The molecule has 1 atom stereocenters. The fourth-order valence-corrected chi connectivity index (χ4v) is 3.61. The molecule has 2 aromatic carbocycles. The lowest BCUT2D eigenvalue weighted by atomic mass is 10.1. The van der Waals surface area contributed by atoms with Crippen LogP contribution in [0.4, 0.5) is 0 Å². The molecule has 1 N–H and O–H groups in total. The third-order valence-corrected chi connectivity index (χ3v) is 5.13. The average molecular weight is 378 g/mol.